The monoisotopic (exact) mass is 229 g/mol. The fraction of sp³-hybridized carbons (Fsp3) is 0. The number of ether oxygens (including phenoxy) is 1. The highest BCUT2D eigenvalue weighted by Crippen LogP contribution is 2.28. The molecule has 17 heavy (non-hydrogen) atoms. The number of amides is 1. The third kappa shape index (κ3) is 2.55. The average molecular weight is 229 g/mol. The summed E-state index contributed by atoms with van der Waals surface area (Å²) in [6, 6.07) is 13.1. The van der Waals surface area contributed by atoms with Crippen molar-refractivity contribution in [3.8, 4) is 17.2 Å². The van der Waals surface area contributed by atoms with Crippen LogP contribution < -0.4 is 10.5 Å². The Balaban J connectivity index is 2.37. The number of hydrogen-bond donors (Lipinski definition) is 2. The number of nitrogens with two attached hydrogens (primary N) is 1. The summed E-state index contributed by atoms with van der Waals surface area (Å²) >= 11 is 0. The quantitative estimate of drug-likeness (QED) is 0.848. The second-order valence-electron chi connectivity index (χ2n) is 3.46. The highest BCUT2D eigenvalue weighted by Gasteiger charge is 2.10. The Bertz CT molecular complexity index is 538. The van der Waals surface area contributed by atoms with Crippen molar-refractivity contribution in [2.24, 2.45) is 5.73 Å². The fourth-order valence-corrected chi connectivity index (χ4v) is 1.41. The molecule has 2 rings (SSSR count). The van der Waals surface area contributed by atoms with Gasteiger partial charge in [0, 0.05) is 6.07 Å². The minimum Gasteiger partial charge on any atom is -0.508 e. The number of carbonyl (C=O) groups excluding carboxylic acids is 1. The summed E-state index contributed by atoms with van der Waals surface area (Å²) in [6.45, 7) is 0. The standard InChI is InChI=1S/C13H11NO3/c14-13(16)11-7-6-9(15)8-12(11)17-10-4-2-1-3-5-10/h1-8,15H,(H2,14,16). The zero-order valence-corrected chi connectivity index (χ0v) is 8.96. The van der Waals surface area contributed by atoms with E-state index in [9.17, 15) is 9.90 Å². The molecule has 1 amide bonds. The molecule has 0 saturated carbocycles. The highest BCUT2D eigenvalue weighted by atomic mass is 16.5. The second kappa shape index (κ2) is 4.57. The molecule has 0 radical (unpaired) electrons. The maximum Gasteiger partial charge on any atom is 0.252 e. The van der Waals surface area contributed by atoms with E-state index in [4.69, 9.17) is 10.5 Å². The van der Waals surface area contributed by atoms with Crippen LogP contribution in [0, 0.1) is 0 Å². The molecule has 0 fully saturated rings. The third-order valence-electron chi connectivity index (χ3n) is 2.20. The van der Waals surface area contributed by atoms with E-state index in [-0.39, 0.29) is 17.1 Å². The number of phenolic OH excluding ortho intramolecular Hbond substituents is 1. The Hall–Kier alpha value is -2.49. The predicted octanol–water partition coefficient (Wildman–Crippen LogP) is 2.28. The van der Waals surface area contributed by atoms with Gasteiger partial charge in [0.25, 0.3) is 5.91 Å². The molecular weight excluding hydrogens is 218 g/mol. The van der Waals surface area contributed by atoms with Gasteiger partial charge in [0.05, 0.1) is 5.56 Å². The normalized spacial score (nSPS) is 9.88. The molecule has 4 nitrogen and oxygen atoms in total. The van der Waals surface area contributed by atoms with Crippen LogP contribution in [0.1, 0.15) is 10.4 Å². The summed E-state index contributed by atoms with van der Waals surface area (Å²) in [4.78, 5) is 11.2. The van der Waals surface area contributed by atoms with E-state index < -0.39 is 5.91 Å². The van der Waals surface area contributed by atoms with E-state index in [1.54, 1.807) is 12.1 Å². The van der Waals surface area contributed by atoms with Crippen molar-refractivity contribution < 1.29 is 14.6 Å². The summed E-state index contributed by atoms with van der Waals surface area (Å²) in [5.74, 6) is 0.223. The maximum atomic E-state index is 11.2. The number of aromatic hydroxyl groups is 1. The summed E-state index contributed by atoms with van der Waals surface area (Å²) in [6.07, 6.45) is 0. The molecule has 0 aromatic heterocycles. The molecule has 4 heteroatoms. The number of hydrogen-bond acceptors (Lipinski definition) is 3. The largest absolute Gasteiger partial charge is 0.508 e. The molecule has 0 atom stereocenters. The van der Waals surface area contributed by atoms with E-state index in [1.165, 1.54) is 18.2 Å². The van der Waals surface area contributed by atoms with Crippen LogP contribution in [0.25, 0.3) is 0 Å². The van der Waals surface area contributed by atoms with Crippen molar-refractivity contribution in [2.45, 2.75) is 0 Å². The van der Waals surface area contributed by atoms with Gasteiger partial charge in [0.1, 0.15) is 17.2 Å². The number of benzene rings is 2. The van der Waals surface area contributed by atoms with Gasteiger partial charge in [-0.3, -0.25) is 4.79 Å². The molecule has 0 spiro atoms. The van der Waals surface area contributed by atoms with E-state index in [0.717, 1.165) is 0 Å². The maximum absolute atomic E-state index is 11.2. The van der Waals surface area contributed by atoms with E-state index >= 15 is 0 Å². The van der Waals surface area contributed by atoms with Crippen molar-refractivity contribution in [2.75, 3.05) is 0 Å². The second-order valence-corrected chi connectivity index (χ2v) is 3.46. The van der Waals surface area contributed by atoms with Crippen molar-refractivity contribution in [1.29, 1.82) is 0 Å². The molecule has 2 aromatic rings. The predicted molar refractivity (Wildman–Crippen MR) is 63.1 cm³/mol. The van der Waals surface area contributed by atoms with Crippen LogP contribution in [0.5, 0.6) is 17.2 Å². The minimum atomic E-state index is -0.601. The first-order valence-corrected chi connectivity index (χ1v) is 5.02. The number of para-hydroxylation sites is 1. The van der Waals surface area contributed by atoms with E-state index in [0.29, 0.717) is 5.75 Å². The van der Waals surface area contributed by atoms with Crippen LogP contribution in [-0.2, 0) is 0 Å². The highest BCUT2D eigenvalue weighted by molar-refractivity contribution is 5.95. The zero-order chi connectivity index (χ0) is 12.3. The lowest BCUT2D eigenvalue weighted by Crippen LogP contribution is -2.12. The number of phenols is 1. The van der Waals surface area contributed by atoms with Gasteiger partial charge in [-0.2, -0.15) is 0 Å². The van der Waals surface area contributed by atoms with Gasteiger partial charge >= 0.3 is 0 Å². The first-order valence-electron chi connectivity index (χ1n) is 5.02. The van der Waals surface area contributed by atoms with Crippen molar-refractivity contribution >= 4 is 5.91 Å². The molecule has 0 heterocycles. The summed E-state index contributed by atoms with van der Waals surface area (Å²) in [5.41, 5.74) is 5.45. The molecule has 86 valence electrons. The molecule has 0 aliphatic carbocycles. The van der Waals surface area contributed by atoms with Gasteiger partial charge in [-0.25, -0.2) is 0 Å². The number of rotatable bonds is 3. The lowest BCUT2D eigenvalue weighted by atomic mass is 10.2. The summed E-state index contributed by atoms with van der Waals surface area (Å²) < 4.78 is 5.49. The van der Waals surface area contributed by atoms with Gasteiger partial charge < -0.3 is 15.6 Å². The van der Waals surface area contributed by atoms with Crippen LogP contribution in [0.15, 0.2) is 48.5 Å². The number of carbonyl (C=O) groups is 1. The number of primary amides is 1. The molecule has 0 aliphatic heterocycles. The van der Waals surface area contributed by atoms with Crippen LogP contribution in [0.4, 0.5) is 0 Å². The Kier molecular flexibility index (Phi) is 2.96. The Morgan fingerprint density at radius 1 is 1.12 bits per heavy atom. The smallest absolute Gasteiger partial charge is 0.252 e. The molecule has 3 N–H and O–H groups in total. The fourth-order valence-electron chi connectivity index (χ4n) is 1.41. The van der Waals surface area contributed by atoms with Crippen molar-refractivity contribution in [3.63, 3.8) is 0 Å². The van der Waals surface area contributed by atoms with Crippen LogP contribution in [-0.4, -0.2) is 11.0 Å². The van der Waals surface area contributed by atoms with Gasteiger partial charge in [0.2, 0.25) is 0 Å². The van der Waals surface area contributed by atoms with Gasteiger partial charge in [0.15, 0.2) is 0 Å². The van der Waals surface area contributed by atoms with Crippen molar-refractivity contribution in [1.82, 2.24) is 0 Å². The SMILES string of the molecule is NC(=O)c1ccc(O)cc1Oc1ccccc1. The first-order chi connectivity index (χ1) is 8.16. The molecule has 0 bridgehead atoms. The Labute approximate surface area is 98.3 Å². The minimum absolute atomic E-state index is 0.0148. The summed E-state index contributed by atoms with van der Waals surface area (Å²) in [5, 5.41) is 9.37. The van der Waals surface area contributed by atoms with E-state index in [1.807, 2.05) is 18.2 Å². The third-order valence-corrected chi connectivity index (χ3v) is 2.20. The molecule has 0 saturated heterocycles. The lowest BCUT2D eigenvalue weighted by molar-refractivity contribution is 0.0998. The van der Waals surface area contributed by atoms with E-state index in [2.05, 4.69) is 0 Å². The van der Waals surface area contributed by atoms with Crippen molar-refractivity contribution in [3.05, 3.63) is 54.1 Å². The van der Waals surface area contributed by atoms with Gasteiger partial charge in [-0.05, 0) is 24.3 Å². The molecule has 2 aromatic carbocycles. The molecule has 0 aliphatic rings. The zero-order valence-electron chi connectivity index (χ0n) is 8.96. The Morgan fingerprint density at radius 3 is 2.47 bits per heavy atom. The average Bonchev–Trinajstić information content (AvgIpc) is 2.30. The van der Waals surface area contributed by atoms with Crippen LogP contribution in [0.2, 0.25) is 0 Å². The van der Waals surface area contributed by atoms with Gasteiger partial charge in [-0.15, -0.1) is 0 Å². The molecular formula is C13H11NO3. The van der Waals surface area contributed by atoms with Crippen LogP contribution in [0.3, 0.4) is 0 Å². The Morgan fingerprint density at radius 2 is 1.82 bits per heavy atom. The first kappa shape index (κ1) is 11.0. The topological polar surface area (TPSA) is 72.6 Å². The molecule has 0 unspecified atom stereocenters. The van der Waals surface area contributed by atoms with Crippen LogP contribution >= 0.6 is 0 Å². The lowest BCUT2D eigenvalue weighted by Gasteiger charge is -2.09. The summed E-state index contributed by atoms with van der Waals surface area (Å²) in [7, 11) is 0. The van der Waals surface area contributed by atoms with Gasteiger partial charge in [-0.1, -0.05) is 18.2 Å².